The van der Waals surface area contributed by atoms with Crippen molar-refractivity contribution in [3.63, 3.8) is 0 Å². The van der Waals surface area contributed by atoms with Gasteiger partial charge in [-0.3, -0.25) is 4.79 Å². The van der Waals surface area contributed by atoms with Crippen LogP contribution in [0.4, 0.5) is 0 Å². The van der Waals surface area contributed by atoms with Crippen molar-refractivity contribution in [3.05, 3.63) is 90.2 Å². The van der Waals surface area contributed by atoms with Crippen LogP contribution in [0, 0.1) is 0 Å². The maximum atomic E-state index is 12.5. The number of likely N-dealkylation sites (N-methyl/N-ethyl adjacent to an activating group) is 1. The summed E-state index contributed by atoms with van der Waals surface area (Å²) < 4.78 is 5.88. The van der Waals surface area contributed by atoms with Gasteiger partial charge in [0.2, 0.25) is 0 Å². The number of hydrogen-bond acceptors (Lipinski definition) is 2. The zero-order chi connectivity index (χ0) is 16.7. The second kappa shape index (κ2) is 7.99. The molecule has 0 aliphatic rings. The molecule has 0 heterocycles. The number of carbonyl (C=O) groups is 1. The molecule has 1 amide bonds. The molecule has 3 heteroatoms. The van der Waals surface area contributed by atoms with Crippen LogP contribution in [-0.2, 0) is 16.1 Å². The highest BCUT2D eigenvalue weighted by atomic mass is 16.5. The molecule has 0 saturated heterocycles. The lowest BCUT2D eigenvalue weighted by atomic mass is 10.0. The average Bonchev–Trinajstić information content (AvgIpc) is 2.59. The molecule has 0 N–H and O–H groups in total. The lowest BCUT2D eigenvalue weighted by molar-refractivity contribution is -0.128. The smallest absolute Gasteiger partial charge is 0.289 e. The molecular formula is C20H21NO2. The number of amides is 1. The first kappa shape index (κ1) is 16.6. The van der Waals surface area contributed by atoms with Crippen LogP contribution >= 0.6 is 0 Å². The molecule has 0 radical (unpaired) electrons. The molecule has 0 spiro atoms. The fourth-order valence-electron chi connectivity index (χ4n) is 2.15. The van der Waals surface area contributed by atoms with Gasteiger partial charge in [0.05, 0.1) is 0 Å². The summed E-state index contributed by atoms with van der Waals surface area (Å²) in [6.45, 7) is 4.18. The zero-order valence-corrected chi connectivity index (χ0v) is 13.5. The second-order valence-corrected chi connectivity index (χ2v) is 5.29. The molecule has 2 aromatic carbocycles. The van der Waals surface area contributed by atoms with Gasteiger partial charge in [-0.25, -0.2) is 0 Å². The molecule has 0 aliphatic carbocycles. The van der Waals surface area contributed by atoms with E-state index < -0.39 is 0 Å². The molecule has 0 aliphatic heterocycles. The van der Waals surface area contributed by atoms with Crippen molar-refractivity contribution in [1.82, 2.24) is 4.90 Å². The van der Waals surface area contributed by atoms with Crippen LogP contribution in [0.25, 0.3) is 5.57 Å². The van der Waals surface area contributed by atoms with Crippen LogP contribution in [0.5, 0.6) is 0 Å². The van der Waals surface area contributed by atoms with Crippen LogP contribution < -0.4 is 0 Å². The summed E-state index contributed by atoms with van der Waals surface area (Å²) in [7, 11) is 3.42. The molecule has 3 nitrogen and oxygen atoms in total. The van der Waals surface area contributed by atoms with E-state index in [9.17, 15) is 4.79 Å². The third-order valence-corrected chi connectivity index (χ3v) is 3.36. The fraction of sp³-hybridized carbons (Fsp3) is 0.150. The maximum absolute atomic E-state index is 12.5. The topological polar surface area (TPSA) is 29.5 Å². The van der Waals surface area contributed by atoms with Crippen LogP contribution in [0.15, 0.2) is 79.1 Å². The lowest BCUT2D eigenvalue weighted by Crippen LogP contribution is -2.25. The molecular weight excluding hydrogens is 286 g/mol. The number of allylic oxidation sites excluding steroid dienone is 2. The third-order valence-electron chi connectivity index (χ3n) is 3.36. The molecule has 118 valence electrons. The second-order valence-electron chi connectivity index (χ2n) is 5.29. The molecule has 0 atom stereocenters. The fourth-order valence-corrected chi connectivity index (χ4v) is 2.15. The number of carbonyl (C=O) groups excluding carboxylic acids is 1. The number of benzene rings is 2. The predicted molar refractivity (Wildman–Crippen MR) is 93.5 cm³/mol. The Morgan fingerprint density at radius 2 is 1.61 bits per heavy atom. The standard InChI is InChI=1S/C20H21NO2/c1-4-18(17-13-9-6-10-14-17)19(20(22)21(2)3)23-15-16-11-7-5-8-12-16/h4-14H,1,15H2,2-3H3/b19-18-. The van der Waals surface area contributed by atoms with E-state index >= 15 is 0 Å². The summed E-state index contributed by atoms with van der Waals surface area (Å²) in [5.41, 5.74) is 2.61. The first-order valence-corrected chi connectivity index (χ1v) is 7.44. The van der Waals surface area contributed by atoms with Crippen molar-refractivity contribution in [1.29, 1.82) is 0 Å². The van der Waals surface area contributed by atoms with E-state index in [-0.39, 0.29) is 5.91 Å². The van der Waals surface area contributed by atoms with E-state index in [0.717, 1.165) is 11.1 Å². The average molecular weight is 307 g/mol. The Labute approximate surface area is 137 Å². The highest BCUT2D eigenvalue weighted by molar-refractivity contribution is 6.01. The summed E-state index contributed by atoms with van der Waals surface area (Å²) in [5, 5.41) is 0. The van der Waals surface area contributed by atoms with Gasteiger partial charge < -0.3 is 9.64 Å². The lowest BCUT2D eigenvalue weighted by Gasteiger charge is -2.18. The monoisotopic (exact) mass is 307 g/mol. The molecule has 0 saturated carbocycles. The van der Waals surface area contributed by atoms with Crippen LogP contribution in [-0.4, -0.2) is 24.9 Å². The molecule has 0 aromatic heterocycles. The van der Waals surface area contributed by atoms with Crippen molar-refractivity contribution in [3.8, 4) is 0 Å². The van der Waals surface area contributed by atoms with Crippen molar-refractivity contribution in [2.45, 2.75) is 6.61 Å². The van der Waals surface area contributed by atoms with Crippen LogP contribution in [0.1, 0.15) is 11.1 Å². The van der Waals surface area contributed by atoms with Crippen molar-refractivity contribution < 1.29 is 9.53 Å². The minimum atomic E-state index is -0.181. The van der Waals surface area contributed by atoms with Crippen molar-refractivity contribution in [2.24, 2.45) is 0 Å². The first-order chi connectivity index (χ1) is 11.1. The normalized spacial score (nSPS) is 11.4. The maximum Gasteiger partial charge on any atom is 0.289 e. The van der Waals surface area contributed by atoms with Gasteiger partial charge in [0.25, 0.3) is 5.91 Å². The van der Waals surface area contributed by atoms with Gasteiger partial charge in [0.15, 0.2) is 5.76 Å². The van der Waals surface area contributed by atoms with E-state index in [1.54, 1.807) is 20.2 Å². The van der Waals surface area contributed by atoms with E-state index in [0.29, 0.717) is 17.9 Å². The number of rotatable bonds is 6. The Morgan fingerprint density at radius 1 is 1.04 bits per heavy atom. The van der Waals surface area contributed by atoms with E-state index in [2.05, 4.69) is 6.58 Å². The van der Waals surface area contributed by atoms with Gasteiger partial charge in [-0.1, -0.05) is 73.3 Å². The number of ether oxygens (including phenoxy) is 1. The largest absolute Gasteiger partial charge is 0.483 e. The molecule has 0 unspecified atom stereocenters. The summed E-state index contributed by atoms with van der Waals surface area (Å²) in [5.74, 6) is 0.125. The molecule has 0 bridgehead atoms. The van der Waals surface area contributed by atoms with Crippen LogP contribution in [0.2, 0.25) is 0 Å². The Bertz CT molecular complexity index is 688. The Hall–Kier alpha value is -2.81. The Kier molecular flexibility index (Phi) is 5.75. The van der Waals surface area contributed by atoms with Gasteiger partial charge in [0, 0.05) is 19.7 Å². The van der Waals surface area contributed by atoms with E-state index in [4.69, 9.17) is 4.74 Å². The van der Waals surface area contributed by atoms with E-state index in [1.807, 2.05) is 60.7 Å². The third kappa shape index (κ3) is 4.33. The molecule has 2 aromatic rings. The summed E-state index contributed by atoms with van der Waals surface area (Å²) >= 11 is 0. The van der Waals surface area contributed by atoms with E-state index in [1.165, 1.54) is 4.90 Å². The predicted octanol–water partition coefficient (Wildman–Crippen LogP) is 3.89. The van der Waals surface area contributed by atoms with Crippen molar-refractivity contribution in [2.75, 3.05) is 14.1 Å². The highest BCUT2D eigenvalue weighted by Crippen LogP contribution is 2.23. The number of hydrogen-bond donors (Lipinski definition) is 0. The minimum Gasteiger partial charge on any atom is -0.483 e. The summed E-state index contributed by atoms with van der Waals surface area (Å²) in [6.07, 6.45) is 1.66. The van der Waals surface area contributed by atoms with Crippen LogP contribution in [0.3, 0.4) is 0 Å². The zero-order valence-electron chi connectivity index (χ0n) is 13.5. The highest BCUT2D eigenvalue weighted by Gasteiger charge is 2.19. The van der Waals surface area contributed by atoms with Gasteiger partial charge >= 0.3 is 0 Å². The number of nitrogens with zero attached hydrogens (tertiary/aromatic N) is 1. The molecule has 23 heavy (non-hydrogen) atoms. The first-order valence-electron chi connectivity index (χ1n) is 7.44. The van der Waals surface area contributed by atoms with Crippen molar-refractivity contribution >= 4 is 11.5 Å². The summed E-state index contributed by atoms with van der Waals surface area (Å²) in [6, 6.07) is 19.4. The molecule has 2 rings (SSSR count). The SMILES string of the molecule is C=C/C(=C(/OCc1ccccc1)C(=O)N(C)C)c1ccccc1. The summed E-state index contributed by atoms with van der Waals surface area (Å²) in [4.78, 5) is 14.0. The Balaban J connectivity index is 2.38. The minimum absolute atomic E-state index is 0.181. The van der Waals surface area contributed by atoms with Gasteiger partial charge in [-0.05, 0) is 11.1 Å². The quantitative estimate of drug-likeness (QED) is 0.460. The van der Waals surface area contributed by atoms with Gasteiger partial charge in [-0.15, -0.1) is 0 Å². The molecule has 0 fully saturated rings. The van der Waals surface area contributed by atoms with Gasteiger partial charge in [0.1, 0.15) is 6.61 Å². The Morgan fingerprint density at radius 3 is 2.13 bits per heavy atom. The van der Waals surface area contributed by atoms with Gasteiger partial charge in [-0.2, -0.15) is 0 Å².